The first kappa shape index (κ1) is 14.7. The molecule has 1 aromatic heterocycles. The Morgan fingerprint density at radius 1 is 1.33 bits per heavy atom. The van der Waals surface area contributed by atoms with E-state index in [0.29, 0.717) is 11.8 Å². The van der Waals surface area contributed by atoms with Gasteiger partial charge in [-0.15, -0.1) is 9.36 Å². The highest BCUT2D eigenvalue weighted by Crippen LogP contribution is 2.19. The van der Waals surface area contributed by atoms with E-state index >= 15 is 0 Å². The number of carbonyl (C=O) groups is 1. The van der Waals surface area contributed by atoms with E-state index < -0.39 is 6.09 Å². The molecule has 102 valence electrons. The van der Waals surface area contributed by atoms with Gasteiger partial charge in [0.05, 0.1) is 6.61 Å². The van der Waals surface area contributed by atoms with E-state index in [2.05, 4.69) is 16.3 Å². The Bertz CT molecular complexity index is 368. The molecule has 1 rings (SSSR count). The fourth-order valence-corrected chi connectivity index (χ4v) is 1.64. The summed E-state index contributed by atoms with van der Waals surface area (Å²) in [4.78, 5) is 16.5. The third kappa shape index (κ3) is 5.31. The molecule has 0 spiro atoms. The van der Waals surface area contributed by atoms with Crippen LogP contribution in [0.2, 0.25) is 0 Å². The molecule has 6 nitrogen and oxygen atoms in total. The molecule has 1 heterocycles. The molecule has 0 aliphatic carbocycles. The predicted octanol–water partition coefficient (Wildman–Crippen LogP) is 2.56. The van der Waals surface area contributed by atoms with E-state index in [1.807, 2.05) is 0 Å². The quantitative estimate of drug-likeness (QED) is 0.714. The molecule has 0 atom stereocenters. The van der Waals surface area contributed by atoms with Crippen molar-refractivity contribution in [3.05, 3.63) is 0 Å². The van der Waals surface area contributed by atoms with Crippen LogP contribution in [0.5, 0.6) is 11.2 Å². The average molecular weight is 273 g/mol. The maximum Gasteiger partial charge on any atom is 0.417 e. The first-order valence-electron chi connectivity index (χ1n) is 5.99. The van der Waals surface area contributed by atoms with Crippen molar-refractivity contribution >= 4 is 17.6 Å². The average Bonchev–Trinajstić information content (AvgIpc) is 2.76. The van der Waals surface area contributed by atoms with Gasteiger partial charge in [-0.3, -0.25) is 0 Å². The van der Waals surface area contributed by atoms with Crippen LogP contribution in [0.4, 0.5) is 4.79 Å². The Labute approximate surface area is 111 Å². The Kier molecular flexibility index (Phi) is 6.42. The second kappa shape index (κ2) is 7.86. The highest BCUT2D eigenvalue weighted by molar-refractivity contribution is 7.07. The molecule has 0 aromatic carbocycles. The third-order valence-electron chi connectivity index (χ3n) is 2.16. The van der Waals surface area contributed by atoms with Crippen molar-refractivity contribution in [1.29, 1.82) is 0 Å². The zero-order valence-electron chi connectivity index (χ0n) is 11.0. The first-order valence-corrected chi connectivity index (χ1v) is 6.76. The van der Waals surface area contributed by atoms with Crippen LogP contribution in [0.3, 0.4) is 0 Å². The van der Waals surface area contributed by atoms with Crippen LogP contribution in [0, 0.1) is 0 Å². The second-order valence-electron chi connectivity index (χ2n) is 4.01. The van der Waals surface area contributed by atoms with Crippen molar-refractivity contribution in [3.8, 4) is 11.2 Å². The van der Waals surface area contributed by atoms with Crippen molar-refractivity contribution in [2.75, 3.05) is 20.7 Å². The van der Waals surface area contributed by atoms with Gasteiger partial charge in [-0.1, -0.05) is 26.2 Å². The monoisotopic (exact) mass is 273 g/mol. The molecular weight excluding hydrogens is 254 g/mol. The fourth-order valence-electron chi connectivity index (χ4n) is 1.15. The standard InChI is InChI=1S/C11H19N3O3S/c1-4-5-6-7-8-16-10-12-9(13-18-10)17-11(15)14(2)3/h4-8H2,1-3H3. The highest BCUT2D eigenvalue weighted by Gasteiger charge is 2.12. The van der Waals surface area contributed by atoms with Gasteiger partial charge < -0.3 is 14.4 Å². The number of aromatic nitrogens is 2. The van der Waals surface area contributed by atoms with Gasteiger partial charge in [0, 0.05) is 25.6 Å². The van der Waals surface area contributed by atoms with Gasteiger partial charge in [0.2, 0.25) is 0 Å². The zero-order chi connectivity index (χ0) is 13.4. The van der Waals surface area contributed by atoms with Crippen LogP contribution in [0.15, 0.2) is 0 Å². The van der Waals surface area contributed by atoms with Crippen LogP contribution in [0.25, 0.3) is 0 Å². The molecule has 0 aliphatic rings. The SMILES string of the molecule is CCCCCCOc1nc(OC(=O)N(C)C)ns1. The lowest BCUT2D eigenvalue weighted by Gasteiger charge is -2.07. The summed E-state index contributed by atoms with van der Waals surface area (Å²) in [5.74, 6) is 0. The van der Waals surface area contributed by atoms with Gasteiger partial charge >= 0.3 is 12.1 Å². The lowest BCUT2D eigenvalue weighted by atomic mass is 10.2. The Balaban J connectivity index is 2.28. The van der Waals surface area contributed by atoms with Crippen LogP contribution in [0.1, 0.15) is 32.6 Å². The third-order valence-corrected chi connectivity index (χ3v) is 2.77. The molecule has 18 heavy (non-hydrogen) atoms. The summed E-state index contributed by atoms with van der Waals surface area (Å²) >= 11 is 1.09. The molecule has 0 saturated carbocycles. The molecule has 1 aromatic rings. The number of hydrogen-bond donors (Lipinski definition) is 0. The Morgan fingerprint density at radius 2 is 2.11 bits per heavy atom. The Hall–Kier alpha value is -1.37. The maximum absolute atomic E-state index is 11.2. The molecule has 0 fully saturated rings. The van der Waals surface area contributed by atoms with Crippen molar-refractivity contribution < 1.29 is 14.3 Å². The van der Waals surface area contributed by atoms with Crippen molar-refractivity contribution in [2.24, 2.45) is 0 Å². The molecule has 7 heteroatoms. The minimum Gasteiger partial charge on any atom is -0.469 e. The van der Waals surface area contributed by atoms with E-state index in [-0.39, 0.29) is 6.01 Å². The van der Waals surface area contributed by atoms with Crippen LogP contribution in [-0.4, -0.2) is 41.1 Å². The summed E-state index contributed by atoms with van der Waals surface area (Å²) in [6, 6.07) is 0.0438. The van der Waals surface area contributed by atoms with Gasteiger partial charge in [0.15, 0.2) is 0 Å². The summed E-state index contributed by atoms with van der Waals surface area (Å²) in [5, 5.41) is 0.438. The van der Waals surface area contributed by atoms with Gasteiger partial charge in [0.25, 0.3) is 5.19 Å². The molecule has 0 saturated heterocycles. The maximum atomic E-state index is 11.2. The Morgan fingerprint density at radius 3 is 2.78 bits per heavy atom. The minimum atomic E-state index is -0.498. The van der Waals surface area contributed by atoms with Gasteiger partial charge in [-0.05, 0) is 6.42 Å². The number of rotatable bonds is 7. The first-order chi connectivity index (χ1) is 8.63. The number of ether oxygens (including phenoxy) is 2. The van der Waals surface area contributed by atoms with E-state index in [0.717, 1.165) is 24.4 Å². The summed E-state index contributed by atoms with van der Waals surface area (Å²) < 4.78 is 14.2. The van der Waals surface area contributed by atoms with Crippen molar-refractivity contribution in [2.45, 2.75) is 32.6 Å². The molecule has 0 bridgehead atoms. The lowest BCUT2D eigenvalue weighted by Crippen LogP contribution is -2.25. The van der Waals surface area contributed by atoms with Crippen molar-refractivity contribution in [1.82, 2.24) is 14.3 Å². The summed E-state index contributed by atoms with van der Waals surface area (Å²) in [6.07, 6.45) is 4.06. The van der Waals surface area contributed by atoms with Crippen molar-refractivity contribution in [3.63, 3.8) is 0 Å². The highest BCUT2D eigenvalue weighted by atomic mass is 32.1. The van der Waals surface area contributed by atoms with Gasteiger partial charge in [-0.2, -0.15) is 0 Å². The molecule has 1 amide bonds. The number of unbranched alkanes of at least 4 members (excludes halogenated alkanes) is 3. The summed E-state index contributed by atoms with van der Waals surface area (Å²) in [5.41, 5.74) is 0. The number of amides is 1. The predicted molar refractivity (Wildman–Crippen MR) is 69.3 cm³/mol. The van der Waals surface area contributed by atoms with E-state index in [9.17, 15) is 4.79 Å². The van der Waals surface area contributed by atoms with E-state index in [1.54, 1.807) is 14.1 Å². The molecule has 0 aliphatic heterocycles. The van der Waals surface area contributed by atoms with E-state index in [1.165, 1.54) is 17.7 Å². The van der Waals surface area contributed by atoms with Crippen LogP contribution < -0.4 is 9.47 Å². The zero-order valence-corrected chi connectivity index (χ0v) is 11.8. The molecule has 0 radical (unpaired) electrons. The molecule has 0 N–H and O–H groups in total. The number of carbonyl (C=O) groups excluding carboxylic acids is 1. The van der Waals surface area contributed by atoms with Crippen LogP contribution in [-0.2, 0) is 0 Å². The fraction of sp³-hybridized carbons (Fsp3) is 0.727. The lowest BCUT2D eigenvalue weighted by molar-refractivity contribution is 0.168. The van der Waals surface area contributed by atoms with Gasteiger partial charge in [-0.25, -0.2) is 4.79 Å². The largest absolute Gasteiger partial charge is 0.469 e. The molecular formula is C11H19N3O3S. The van der Waals surface area contributed by atoms with Crippen LogP contribution >= 0.6 is 11.5 Å². The minimum absolute atomic E-state index is 0.0438. The summed E-state index contributed by atoms with van der Waals surface area (Å²) in [6.45, 7) is 2.78. The van der Waals surface area contributed by atoms with E-state index in [4.69, 9.17) is 9.47 Å². The smallest absolute Gasteiger partial charge is 0.417 e. The second-order valence-corrected chi connectivity index (χ2v) is 4.73. The molecule has 0 unspecified atom stereocenters. The number of nitrogens with zero attached hydrogens (tertiary/aromatic N) is 3. The normalized spacial score (nSPS) is 10.2. The topological polar surface area (TPSA) is 64.6 Å². The summed E-state index contributed by atoms with van der Waals surface area (Å²) in [7, 11) is 3.19. The number of hydrogen-bond acceptors (Lipinski definition) is 6. The van der Waals surface area contributed by atoms with Gasteiger partial charge in [0.1, 0.15) is 0 Å².